The van der Waals surface area contributed by atoms with Crippen molar-refractivity contribution in [3.05, 3.63) is 68.7 Å². The van der Waals surface area contributed by atoms with Gasteiger partial charge in [-0.3, -0.25) is 14.9 Å². The number of nitro groups is 1. The van der Waals surface area contributed by atoms with Crippen LogP contribution in [0, 0.1) is 10.1 Å². The van der Waals surface area contributed by atoms with E-state index in [1.165, 1.54) is 37.4 Å². The van der Waals surface area contributed by atoms with Gasteiger partial charge in [-0.2, -0.15) is 0 Å². The number of carbonyl (C=O) groups is 1. The van der Waals surface area contributed by atoms with Crippen LogP contribution in [-0.2, 0) is 4.74 Å². The summed E-state index contributed by atoms with van der Waals surface area (Å²) in [7, 11) is 1.40. The van der Waals surface area contributed by atoms with Crippen molar-refractivity contribution in [2.75, 3.05) is 7.11 Å². The lowest BCUT2D eigenvalue weighted by atomic mass is 10.1. The predicted molar refractivity (Wildman–Crippen MR) is 83.4 cm³/mol. The molecule has 1 amide bonds. The molecule has 2 N–H and O–H groups in total. The number of hydrogen-bond donors (Lipinski definition) is 1. The number of carbonyl (C=O) groups excluding carboxylic acids is 1. The Kier molecular flexibility index (Phi) is 5.15. The van der Waals surface area contributed by atoms with E-state index in [0.29, 0.717) is 11.1 Å². The topological polar surface area (TPSA) is 105 Å². The van der Waals surface area contributed by atoms with E-state index >= 15 is 0 Å². The number of nitrogens with zero attached hydrogens (tertiary/aromatic N) is 1. The van der Waals surface area contributed by atoms with Crippen molar-refractivity contribution in [1.29, 1.82) is 0 Å². The van der Waals surface area contributed by atoms with Gasteiger partial charge in [-0.25, -0.2) is 0 Å². The molecule has 0 saturated carbocycles. The number of nitro benzene ring substituents is 1. The predicted octanol–water partition coefficient (Wildman–Crippen LogP) is 3.07. The van der Waals surface area contributed by atoms with Crippen molar-refractivity contribution in [2.45, 2.75) is 6.29 Å². The maximum atomic E-state index is 11.1. The van der Waals surface area contributed by atoms with E-state index in [4.69, 9.17) is 26.8 Å². The second-order valence-corrected chi connectivity index (χ2v) is 4.98. The van der Waals surface area contributed by atoms with E-state index in [2.05, 4.69) is 0 Å². The summed E-state index contributed by atoms with van der Waals surface area (Å²) < 4.78 is 10.8. The molecule has 0 bridgehead atoms. The van der Waals surface area contributed by atoms with Crippen LogP contribution in [0.2, 0.25) is 5.02 Å². The molecule has 0 aliphatic heterocycles. The van der Waals surface area contributed by atoms with Gasteiger partial charge in [0.05, 0.1) is 4.92 Å². The monoisotopic (exact) mass is 336 g/mol. The summed E-state index contributed by atoms with van der Waals surface area (Å²) in [6.07, 6.45) is -0.892. The van der Waals surface area contributed by atoms with E-state index in [0.717, 1.165) is 0 Å². The molecule has 2 aromatic rings. The second-order valence-electron chi connectivity index (χ2n) is 4.54. The Morgan fingerprint density at radius 3 is 2.43 bits per heavy atom. The van der Waals surface area contributed by atoms with Gasteiger partial charge in [-0.05, 0) is 24.3 Å². The lowest BCUT2D eigenvalue weighted by Crippen LogP contribution is -2.13. The van der Waals surface area contributed by atoms with E-state index in [9.17, 15) is 14.9 Å². The average molecular weight is 337 g/mol. The van der Waals surface area contributed by atoms with Gasteiger partial charge in [0.15, 0.2) is 0 Å². The molecule has 0 saturated heterocycles. The summed E-state index contributed by atoms with van der Waals surface area (Å²) in [5.74, 6) is -0.537. The lowest BCUT2D eigenvalue weighted by Gasteiger charge is -2.18. The maximum absolute atomic E-state index is 11.1. The van der Waals surface area contributed by atoms with Crippen molar-refractivity contribution in [3.8, 4) is 5.75 Å². The maximum Gasteiger partial charge on any atom is 0.312 e. The minimum Gasteiger partial charge on any atom is -0.453 e. The number of halogens is 1. The first-order valence-electron chi connectivity index (χ1n) is 6.45. The number of amides is 1. The third kappa shape index (κ3) is 3.97. The summed E-state index contributed by atoms with van der Waals surface area (Å²) in [5, 5.41) is 11.3. The van der Waals surface area contributed by atoms with Crippen LogP contribution in [0.1, 0.15) is 22.2 Å². The minimum atomic E-state index is -0.892. The normalized spacial score (nSPS) is 11.7. The van der Waals surface area contributed by atoms with Crippen molar-refractivity contribution >= 4 is 23.2 Å². The van der Waals surface area contributed by atoms with E-state index in [1.54, 1.807) is 12.1 Å². The largest absolute Gasteiger partial charge is 0.453 e. The Morgan fingerprint density at radius 1 is 1.26 bits per heavy atom. The molecule has 1 atom stereocenters. The highest BCUT2D eigenvalue weighted by atomic mass is 35.5. The fourth-order valence-electron chi connectivity index (χ4n) is 1.90. The van der Waals surface area contributed by atoms with Crippen LogP contribution in [0.15, 0.2) is 42.5 Å². The van der Waals surface area contributed by atoms with Gasteiger partial charge in [0.25, 0.3) is 0 Å². The van der Waals surface area contributed by atoms with Crippen molar-refractivity contribution < 1.29 is 19.2 Å². The first-order valence-corrected chi connectivity index (χ1v) is 6.83. The number of ether oxygens (including phenoxy) is 2. The van der Waals surface area contributed by atoms with Crippen LogP contribution in [0.4, 0.5) is 5.69 Å². The number of methoxy groups -OCH3 is 1. The summed E-state index contributed by atoms with van der Waals surface area (Å²) in [4.78, 5) is 21.5. The molecule has 2 rings (SSSR count). The van der Waals surface area contributed by atoms with Gasteiger partial charge in [0.2, 0.25) is 17.9 Å². The quantitative estimate of drug-likeness (QED) is 0.496. The van der Waals surface area contributed by atoms with Crippen LogP contribution < -0.4 is 10.5 Å². The molecule has 7 nitrogen and oxygen atoms in total. The SMILES string of the molecule is COC(Oc1ccc(Cl)cc1[N+](=O)[O-])c1ccc(C(N)=O)cc1. The van der Waals surface area contributed by atoms with Crippen molar-refractivity contribution in [1.82, 2.24) is 0 Å². The number of benzene rings is 2. The molecular weight excluding hydrogens is 324 g/mol. The summed E-state index contributed by atoms with van der Waals surface area (Å²) >= 11 is 5.76. The third-order valence-corrected chi connectivity index (χ3v) is 3.27. The molecule has 0 spiro atoms. The number of primary amides is 1. The van der Waals surface area contributed by atoms with Crippen LogP contribution >= 0.6 is 11.6 Å². The van der Waals surface area contributed by atoms with Crippen LogP contribution in [-0.4, -0.2) is 17.9 Å². The molecule has 0 aliphatic carbocycles. The van der Waals surface area contributed by atoms with Gasteiger partial charge >= 0.3 is 5.69 Å². The number of nitrogens with two attached hydrogens (primary N) is 1. The Morgan fingerprint density at radius 2 is 1.91 bits per heavy atom. The van der Waals surface area contributed by atoms with Gasteiger partial charge in [-0.15, -0.1) is 0 Å². The summed E-state index contributed by atoms with van der Waals surface area (Å²) in [6.45, 7) is 0. The summed E-state index contributed by atoms with van der Waals surface area (Å²) in [5.41, 5.74) is 5.81. The fraction of sp³-hybridized carbons (Fsp3) is 0.133. The Bertz CT molecular complexity index is 733. The van der Waals surface area contributed by atoms with Crippen LogP contribution in [0.25, 0.3) is 0 Å². The molecule has 0 radical (unpaired) electrons. The van der Waals surface area contributed by atoms with E-state index < -0.39 is 17.1 Å². The third-order valence-electron chi connectivity index (χ3n) is 3.03. The Labute approximate surface area is 136 Å². The highest BCUT2D eigenvalue weighted by molar-refractivity contribution is 6.30. The first-order chi connectivity index (χ1) is 10.9. The lowest BCUT2D eigenvalue weighted by molar-refractivity contribution is -0.386. The van der Waals surface area contributed by atoms with Gasteiger partial charge in [0, 0.05) is 29.3 Å². The highest BCUT2D eigenvalue weighted by Crippen LogP contribution is 2.33. The van der Waals surface area contributed by atoms with Crippen LogP contribution in [0.3, 0.4) is 0 Å². The fourth-order valence-corrected chi connectivity index (χ4v) is 2.07. The summed E-state index contributed by atoms with van der Waals surface area (Å²) in [6, 6.07) is 10.3. The molecule has 0 fully saturated rings. The van der Waals surface area contributed by atoms with E-state index in [1.807, 2.05) is 0 Å². The Balaban J connectivity index is 2.29. The smallest absolute Gasteiger partial charge is 0.312 e. The van der Waals surface area contributed by atoms with Gasteiger partial charge < -0.3 is 15.2 Å². The molecule has 8 heteroatoms. The zero-order valence-electron chi connectivity index (χ0n) is 12.1. The second kappa shape index (κ2) is 7.08. The molecule has 0 aromatic heterocycles. The molecule has 23 heavy (non-hydrogen) atoms. The molecule has 2 aromatic carbocycles. The Hall–Kier alpha value is -2.64. The minimum absolute atomic E-state index is 0.0187. The number of rotatable bonds is 6. The van der Waals surface area contributed by atoms with Crippen molar-refractivity contribution in [3.63, 3.8) is 0 Å². The zero-order chi connectivity index (χ0) is 17.0. The first kappa shape index (κ1) is 16.7. The van der Waals surface area contributed by atoms with E-state index in [-0.39, 0.29) is 16.5 Å². The average Bonchev–Trinajstić information content (AvgIpc) is 2.53. The molecule has 0 heterocycles. The zero-order valence-corrected chi connectivity index (χ0v) is 12.8. The highest BCUT2D eigenvalue weighted by Gasteiger charge is 2.21. The molecule has 120 valence electrons. The van der Waals surface area contributed by atoms with Crippen molar-refractivity contribution in [2.24, 2.45) is 5.73 Å². The molecular formula is C15H13ClN2O5. The molecule has 1 unspecified atom stereocenters. The van der Waals surface area contributed by atoms with Gasteiger partial charge in [0.1, 0.15) is 0 Å². The number of hydrogen-bond acceptors (Lipinski definition) is 5. The standard InChI is InChI=1S/C15H13ClN2O5/c1-22-15(10-4-2-9(3-5-10)14(17)19)23-13-7-6-11(16)8-12(13)18(20)21/h2-8,15H,1H3,(H2,17,19). The van der Waals surface area contributed by atoms with Crippen LogP contribution in [0.5, 0.6) is 5.75 Å². The van der Waals surface area contributed by atoms with Gasteiger partial charge in [-0.1, -0.05) is 23.7 Å². The molecule has 0 aliphatic rings.